The molecule has 4 rings (SSSR count). The third kappa shape index (κ3) is 5.45. The number of hydrogen-bond donors (Lipinski definition) is 2. The number of aromatic nitrogens is 3. The highest BCUT2D eigenvalue weighted by atomic mass is 32.1. The van der Waals surface area contributed by atoms with E-state index in [-0.39, 0.29) is 23.4 Å². The van der Waals surface area contributed by atoms with E-state index in [1.54, 1.807) is 16.8 Å². The SMILES string of the molecule is Cc1ccc(C(=O)Nc2nc3c(s2)c(C(=O)NC(C)CN2CCOCC2)nn3C(C)(C)C)cc1. The number of carbonyl (C=O) groups excluding carboxylic acids is 2. The Hall–Kier alpha value is -2.82. The van der Waals surface area contributed by atoms with Crippen LogP contribution in [0.4, 0.5) is 5.13 Å². The Bertz CT molecular complexity index is 1170. The summed E-state index contributed by atoms with van der Waals surface area (Å²) >= 11 is 1.26. The normalized spacial score (nSPS) is 15.9. The lowest BCUT2D eigenvalue weighted by atomic mass is 10.1. The number of rotatable bonds is 6. The van der Waals surface area contributed by atoms with Crippen LogP contribution in [0.5, 0.6) is 0 Å². The van der Waals surface area contributed by atoms with Crippen molar-refractivity contribution in [2.75, 3.05) is 38.2 Å². The minimum absolute atomic E-state index is 0.0472. The molecule has 0 bridgehead atoms. The number of nitrogens with zero attached hydrogens (tertiary/aromatic N) is 4. The zero-order chi connectivity index (χ0) is 24.5. The predicted molar refractivity (Wildman–Crippen MR) is 134 cm³/mol. The molecule has 9 nitrogen and oxygen atoms in total. The first-order valence-corrected chi connectivity index (χ1v) is 12.3. The van der Waals surface area contributed by atoms with Crippen LogP contribution in [0.1, 0.15) is 54.1 Å². The second-order valence-corrected chi connectivity index (χ2v) is 10.7. The van der Waals surface area contributed by atoms with Crippen LogP contribution < -0.4 is 10.6 Å². The van der Waals surface area contributed by atoms with Crippen LogP contribution in [-0.4, -0.2) is 70.4 Å². The number of thiazole rings is 1. The van der Waals surface area contributed by atoms with Gasteiger partial charge >= 0.3 is 0 Å². The molecule has 1 aliphatic rings. The highest BCUT2D eigenvalue weighted by molar-refractivity contribution is 7.22. The minimum Gasteiger partial charge on any atom is -0.379 e. The number of benzene rings is 1. The Kier molecular flexibility index (Phi) is 7.01. The smallest absolute Gasteiger partial charge is 0.273 e. The monoisotopic (exact) mass is 484 g/mol. The molecule has 2 amide bonds. The average molecular weight is 485 g/mol. The van der Waals surface area contributed by atoms with Gasteiger partial charge in [0.25, 0.3) is 11.8 Å². The van der Waals surface area contributed by atoms with E-state index in [1.807, 2.05) is 46.8 Å². The van der Waals surface area contributed by atoms with Gasteiger partial charge in [0.2, 0.25) is 0 Å². The maximum atomic E-state index is 13.2. The number of ether oxygens (including phenoxy) is 1. The van der Waals surface area contributed by atoms with Crippen LogP contribution in [-0.2, 0) is 10.3 Å². The van der Waals surface area contributed by atoms with E-state index in [4.69, 9.17) is 4.74 Å². The van der Waals surface area contributed by atoms with Crippen LogP contribution in [0.15, 0.2) is 24.3 Å². The number of hydrogen-bond acceptors (Lipinski definition) is 7. The number of aryl methyl sites for hydroxylation is 1. The van der Waals surface area contributed by atoms with Crippen molar-refractivity contribution in [3.05, 3.63) is 41.1 Å². The van der Waals surface area contributed by atoms with Crippen molar-refractivity contribution in [2.45, 2.75) is 46.2 Å². The summed E-state index contributed by atoms with van der Waals surface area (Å²) in [6.45, 7) is 13.9. The van der Waals surface area contributed by atoms with Crippen molar-refractivity contribution in [3.63, 3.8) is 0 Å². The molecule has 1 fully saturated rings. The molecular formula is C24H32N6O3S. The predicted octanol–water partition coefficient (Wildman–Crippen LogP) is 3.26. The van der Waals surface area contributed by atoms with Gasteiger partial charge in [-0.15, -0.1) is 0 Å². The number of nitrogens with one attached hydrogen (secondary N) is 2. The molecule has 3 aromatic rings. The van der Waals surface area contributed by atoms with Gasteiger partial charge in [0, 0.05) is 31.2 Å². The zero-order valence-electron chi connectivity index (χ0n) is 20.3. The van der Waals surface area contributed by atoms with Crippen LogP contribution >= 0.6 is 11.3 Å². The first-order chi connectivity index (χ1) is 16.1. The van der Waals surface area contributed by atoms with E-state index >= 15 is 0 Å². The number of fused-ring (bicyclic) bond motifs is 1. The summed E-state index contributed by atoms with van der Waals surface area (Å²) in [5.41, 5.74) is 2.16. The summed E-state index contributed by atoms with van der Waals surface area (Å²) in [4.78, 5) is 32.8. The second kappa shape index (κ2) is 9.81. The van der Waals surface area contributed by atoms with E-state index < -0.39 is 0 Å². The maximum absolute atomic E-state index is 13.2. The number of anilines is 1. The first-order valence-electron chi connectivity index (χ1n) is 11.5. The lowest BCUT2D eigenvalue weighted by molar-refractivity contribution is 0.0342. The van der Waals surface area contributed by atoms with E-state index in [2.05, 4.69) is 25.6 Å². The van der Waals surface area contributed by atoms with Gasteiger partial charge in [-0.25, -0.2) is 4.68 Å². The molecule has 34 heavy (non-hydrogen) atoms. The Morgan fingerprint density at radius 2 is 1.82 bits per heavy atom. The van der Waals surface area contributed by atoms with Crippen molar-refractivity contribution in [1.29, 1.82) is 0 Å². The standard InChI is InChI=1S/C24H32N6O3S/c1-15-6-8-17(9-7-15)21(31)27-23-26-20-19(34-23)18(28-30(20)24(3,4)5)22(32)25-16(2)14-29-10-12-33-13-11-29/h6-9,16H,10-14H2,1-5H3,(H,25,32)(H,26,27,31). The van der Waals surface area contributed by atoms with Gasteiger partial charge < -0.3 is 10.1 Å². The van der Waals surface area contributed by atoms with E-state index in [9.17, 15) is 9.59 Å². The minimum atomic E-state index is -0.386. The van der Waals surface area contributed by atoms with Gasteiger partial charge in [-0.1, -0.05) is 29.0 Å². The van der Waals surface area contributed by atoms with Gasteiger partial charge in [0.15, 0.2) is 16.5 Å². The van der Waals surface area contributed by atoms with Gasteiger partial charge in [0.05, 0.1) is 18.8 Å². The van der Waals surface area contributed by atoms with Gasteiger partial charge in [-0.2, -0.15) is 10.1 Å². The molecule has 1 unspecified atom stereocenters. The molecule has 10 heteroatoms. The van der Waals surface area contributed by atoms with Crippen LogP contribution in [0.25, 0.3) is 10.3 Å². The summed E-state index contributed by atoms with van der Waals surface area (Å²) < 4.78 is 7.81. The highest BCUT2D eigenvalue weighted by Gasteiger charge is 2.28. The fraction of sp³-hybridized carbons (Fsp3) is 0.500. The van der Waals surface area contributed by atoms with Crippen molar-refractivity contribution in [1.82, 2.24) is 25.0 Å². The molecule has 1 aromatic carbocycles. The van der Waals surface area contributed by atoms with Gasteiger partial charge in [0.1, 0.15) is 4.70 Å². The van der Waals surface area contributed by atoms with Crippen molar-refractivity contribution < 1.29 is 14.3 Å². The molecular weight excluding hydrogens is 452 g/mol. The molecule has 0 radical (unpaired) electrons. The fourth-order valence-corrected chi connectivity index (χ4v) is 4.78. The Morgan fingerprint density at radius 1 is 1.15 bits per heavy atom. The van der Waals surface area contributed by atoms with Crippen molar-refractivity contribution >= 4 is 38.6 Å². The summed E-state index contributed by atoms with van der Waals surface area (Å²) in [7, 11) is 0. The van der Waals surface area contributed by atoms with Crippen molar-refractivity contribution in [3.8, 4) is 0 Å². The summed E-state index contributed by atoms with van der Waals surface area (Å²) in [5, 5.41) is 11.0. The molecule has 182 valence electrons. The van der Waals surface area contributed by atoms with E-state index in [0.717, 1.165) is 38.4 Å². The summed E-state index contributed by atoms with van der Waals surface area (Å²) in [6, 6.07) is 7.30. The topological polar surface area (TPSA) is 101 Å². The lowest BCUT2D eigenvalue weighted by Gasteiger charge is -2.29. The molecule has 1 atom stereocenters. The third-order valence-corrected chi connectivity index (χ3v) is 6.59. The molecule has 3 heterocycles. The average Bonchev–Trinajstić information content (AvgIpc) is 3.32. The fourth-order valence-electron chi connectivity index (χ4n) is 3.86. The van der Waals surface area contributed by atoms with E-state index in [0.29, 0.717) is 26.7 Å². The molecule has 0 saturated carbocycles. The Labute approximate surface area is 203 Å². The quantitative estimate of drug-likeness (QED) is 0.557. The zero-order valence-corrected chi connectivity index (χ0v) is 21.2. The van der Waals surface area contributed by atoms with Crippen LogP contribution in [0.2, 0.25) is 0 Å². The molecule has 2 N–H and O–H groups in total. The largest absolute Gasteiger partial charge is 0.379 e. The van der Waals surface area contributed by atoms with Crippen molar-refractivity contribution in [2.24, 2.45) is 0 Å². The molecule has 2 aromatic heterocycles. The second-order valence-electron chi connectivity index (χ2n) is 9.71. The number of carbonyl (C=O) groups is 2. The van der Waals surface area contributed by atoms with Gasteiger partial charge in [-0.3, -0.25) is 19.8 Å². The lowest BCUT2D eigenvalue weighted by Crippen LogP contribution is -2.46. The maximum Gasteiger partial charge on any atom is 0.273 e. The molecule has 0 spiro atoms. The highest BCUT2D eigenvalue weighted by Crippen LogP contribution is 2.32. The number of morpholine rings is 1. The third-order valence-electron chi connectivity index (χ3n) is 5.62. The Morgan fingerprint density at radius 3 is 2.47 bits per heavy atom. The Balaban J connectivity index is 1.56. The van der Waals surface area contributed by atoms with Crippen LogP contribution in [0.3, 0.4) is 0 Å². The molecule has 0 aliphatic carbocycles. The van der Waals surface area contributed by atoms with Gasteiger partial charge in [-0.05, 0) is 46.8 Å². The summed E-state index contributed by atoms with van der Waals surface area (Å²) in [5.74, 6) is -0.481. The number of amides is 2. The summed E-state index contributed by atoms with van der Waals surface area (Å²) in [6.07, 6.45) is 0. The van der Waals surface area contributed by atoms with E-state index in [1.165, 1.54) is 11.3 Å². The van der Waals surface area contributed by atoms with Crippen LogP contribution in [0, 0.1) is 6.92 Å². The molecule has 1 aliphatic heterocycles. The molecule has 1 saturated heterocycles. The first kappa shape index (κ1) is 24.3.